The predicted octanol–water partition coefficient (Wildman–Crippen LogP) is 4.26. The molecule has 20 heavy (non-hydrogen) atoms. The molecule has 0 heterocycles. The van der Waals surface area contributed by atoms with E-state index in [9.17, 15) is 9.18 Å². The van der Waals surface area contributed by atoms with Crippen LogP contribution in [-0.4, -0.2) is 5.91 Å². The molecule has 2 aromatic rings. The van der Waals surface area contributed by atoms with E-state index in [1.165, 1.54) is 18.2 Å². The number of rotatable bonds is 3. The van der Waals surface area contributed by atoms with Crippen LogP contribution in [0.2, 0.25) is 5.02 Å². The number of carbonyl (C=O) groups is 1. The fraction of sp³-hybridized carbons (Fsp3) is 0.133. The maximum atomic E-state index is 13.1. The number of hydrogen-bond acceptors (Lipinski definition) is 2. The highest BCUT2D eigenvalue weighted by Crippen LogP contribution is 2.19. The molecule has 2 rings (SSSR count). The third-order valence-electron chi connectivity index (χ3n) is 2.90. The molecule has 0 spiro atoms. The van der Waals surface area contributed by atoms with Crippen molar-refractivity contribution in [2.24, 2.45) is 0 Å². The van der Waals surface area contributed by atoms with E-state index in [-0.39, 0.29) is 16.8 Å². The van der Waals surface area contributed by atoms with Crippen molar-refractivity contribution < 1.29 is 9.18 Å². The van der Waals surface area contributed by atoms with Gasteiger partial charge < -0.3 is 5.32 Å². The van der Waals surface area contributed by atoms with Crippen molar-refractivity contribution in [1.29, 1.82) is 0 Å². The van der Waals surface area contributed by atoms with Crippen LogP contribution in [0.5, 0.6) is 0 Å². The number of thiol groups is 1. The number of carbonyl (C=O) groups excluding carboxylic acids is 1. The Balaban J connectivity index is 2.13. The first kappa shape index (κ1) is 14.9. The van der Waals surface area contributed by atoms with Crippen molar-refractivity contribution in [2.45, 2.75) is 17.9 Å². The maximum Gasteiger partial charge on any atom is 0.251 e. The molecule has 0 aliphatic rings. The largest absolute Gasteiger partial charge is 0.346 e. The van der Waals surface area contributed by atoms with Crippen molar-refractivity contribution in [1.82, 2.24) is 5.32 Å². The first-order chi connectivity index (χ1) is 9.47. The zero-order chi connectivity index (χ0) is 14.7. The van der Waals surface area contributed by atoms with Gasteiger partial charge in [-0.1, -0.05) is 23.7 Å². The fourth-order valence-electron chi connectivity index (χ4n) is 1.79. The van der Waals surface area contributed by atoms with Gasteiger partial charge in [0.15, 0.2) is 0 Å². The molecule has 104 valence electrons. The van der Waals surface area contributed by atoms with Gasteiger partial charge in [-0.15, -0.1) is 12.6 Å². The van der Waals surface area contributed by atoms with Crippen LogP contribution < -0.4 is 5.32 Å². The molecule has 0 radical (unpaired) electrons. The highest BCUT2D eigenvalue weighted by Gasteiger charge is 2.12. The number of amides is 1. The van der Waals surface area contributed by atoms with Crippen LogP contribution in [0, 0.1) is 5.82 Å². The van der Waals surface area contributed by atoms with Gasteiger partial charge in [-0.3, -0.25) is 4.79 Å². The van der Waals surface area contributed by atoms with E-state index in [1.54, 1.807) is 12.1 Å². The van der Waals surface area contributed by atoms with E-state index in [0.29, 0.717) is 10.6 Å². The molecule has 1 amide bonds. The first-order valence-electron chi connectivity index (χ1n) is 6.02. The summed E-state index contributed by atoms with van der Waals surface area (Å²) in [5, 5.41) is 3.45. The predicted molar refractivity (Wildman–Crippen MR) is 81.0 cm³/mol. The normalized spacial score (nSPS) is 12.0. The van der Waals surface area contributed by atoms with Gasteiger partial charge in [0.05, 0.1) is 6.04 Å². The fourth-order valence-corrected chi connectivity index (χ4v) is 2.21. The van der Waals surface area contributed by atoms with Crippen LogP contribution in [0.4, 0.5) is 4.39 Å². The second kappa shape index (κ2) is 6.29. The lowest BCUT2D eigenvalue weighted by Gasteiger charge is -2.15. The van der Waals surface area contributed by atoms with E-state index in [4.69, 9.17) is 11.6 Å². The topological polar surface area (TPSA) is 29.1 Å². The van der Waals surface area contributed by atoms with Crippen LogP contribution in [0.15, 0.2) is 47.4 Å². The molecule has 1 unspecified atom stereocenters. The molecule has 5 heteroatoms. The van der Waals surface area contributed by atoms with Crippen molar-refractivity contribution in [3.63, 3.8) is 0 Å². The Morgan fingerprint density at radius 2 is 2.05 bits per heavy atom. The zero-order valence-corrected chi connectivity index (χ0v) is 12.4. The summed E-state index contributed by atoms with van der Waals surface area (Å²) >= 11 is 9.88. The zero-order valence-electron chi connectivity index (χ0n) is 10.7. The second-order valence-corrected chi connectivity index (χ2v) is 5.33. The van der Waals surface area contributed by atoms with Crippen LogP contribution in [0.25, 0.3) is 0 Å². The Kier molecular flexibility index (Phi) is 4.68. The van der Waals surface area contributed by atoms with E-state index >= 15 is 0 Å². The highest BCUT2D eigenvalue weighted by atomic mass is 35.5. The summed E-state index contributed by atoms with van der Waals surface area (Å²) in [4.78, 5) is 12.2. The Bertz CT molecular complexity index is 648. The van der Waals surface area contributed by atoms with Gasteiger partial charge in [0.25, 0.3) is 5.91 Å². The van der Waals surface area contributed by atoms with Gasteiger partial charge in [-0.25, -0.2) is 4.39 Å². The maximum absolute atomic E-state index is 13.1. The molecule has 0 saturated heterocycles. The van der Waals surface area contributed by atoms with Crippen LogP contribution >= 0.6 is 24.2 Å². The summed E-state index contributed by atoms with van der Waals surface area (Å²) in [5.74, 6) is -0.736. The molecule has 0 saturated carbocycles. The van der Waals surface area contributed by atoms with Crippen molar-refractivity contribution in [2.75, 3.05) is 0 Å². The summed E-state index contributed by atoms with van der Waals surface area (Å²) in [6.45, 7) is 1.86. The van der Waals surface area contributed by atoms with Gasteiger partial charge in [-0.05, 0) is 42.8 Å². The third kappa shape index (κ3) is 3.52. The van der Waals surface area contributed by atoms with Gasteiger partial charge in [0.2, 0.25) is 0 Å². The Labute approximate surface area is 127 Å². The molecule has 0 bridgehead atoms. The van der Waals surface area contributed by atoms with E-state index in [1.807, 2.05) is 19.1 Å². The molecule has 1 N–H and O–H groups in total. The van der Waals surface area contributed by atoms with E-state index in [2.05, 4.69) is 17.9 Å². The quantitative estimate of drug-likeness (QED) is 0.815. The SMILES string of the molecule is CC(NC(=O)c1ccc(F)c(S)c1)c1cccc(Cl)c1. The Hall–Kier alpha value is -1.52. The molecule has 2 aromatic carbocycles. The molecular formula is C15H13ClFNOS. The average Bonchev–Trinajstić information content (AvgIpc) is 2.41. The van der Waals surface area contributed by atoms with Crippen molar-refractivity contribution in [3.05, 3.63) is 64.4 Å². The summed E-state index contributed by atoms with van der Waals surface area (Å²) in [6, 6.07) is 11.1. The highest BCUT2D eigenvalue weighted by molar-refractivity contribution is 7.80. The monoisotopic (exact) mass is 309 g/mol. The molecule has 1 atom stereocenters. The molecule has 0 aliphatic carbocycles. The lowest BCUT2D eigenvalue weighted by atomic mass is 10.1. The number of benzene rings is 2. The van der Waals surface area contributed by atoms with Gasteiger partial charge >= 0.3 is 0 Å². The van der Waals surface area contributed by atoms with Crippen LogP contribution in [0.1, 0.15) is 28.9 Å². The summed E-state index contributed by atoms with van der Waals surface area (Å²) in [6.07, 6.45) is 0. The Morgan fingerprint density at radius 1 is 1.30 bits per heavy atom. The third-order valence-corrected chi connectivity index (χ3v) is 3.48. The molecule has 0 fully saturated rings. The summed E-state index contributed by atoms with van der Waals surface area (Å²) in [5.41, 5.74) is 1.27. The van der Waals surface area contributed by atoms with Crippen molar-refractivity contribution in [3.8, 4) is 0 Å². The van der Waals surface area contributed by atoms with Crippen molar-refractivity contribution >= 4 is 30.1 Å². The molecule has 0 aliphatic heterocycles. The first-order valence-corrected chi connectivity index (χ1v) is 6.84. The van der Waals surface area contributed by atoms with E-state index in [0.717, 1.165) is 5.56 Å². The number of halogens is 2. The minimum Gasteiger partial charge on any atom is -0.346 e. The second-order valence-electron chi connectivity index (χ2n) is 4.42. The lowest BCUT2D eigenvalue weighted by Crippen LogP contribution is -2.26. The minimum atomic E-state index is -0.451. The van der Waals surface area contributed by atoms with Crippen LogP contribution in [-0.2, 0) is 0 Å². The summed E-state index contributed by atoms with van der Waals surface area (Å²) in [7, 11) is 0. The molecular weight excluding hydrogens is 297 g/mol. The van der Waals surface area contributed by atoms with Crippen LogP contribution in [0.3, 0.4) is 0 Å². The number of nitrogens with one attached hydrogen (secondary N) is 1. The van der Waals surface area contributed by atoms with E-state index < -0.39 is 5.82 Å². The smallest absolute Gasteiger partial charge is 0.251 e. The lowest BCUT2D eigenvalue weighted by molar-refractivity contribution is 0.0939. The standard InChI is InChI=1S/C15H13ClFNOS/c1-9(10-3-2-4-12(16)7-10)18-15(19)11-5-6-13(17)14(20)8-11/h2-9,20H,1H3,(H,18,19). The Morgan fingerprint density at radius 3 is 2.70 bits per heavy atom. The average molecular weight is 310 g/mol. The van der Waals surface area contributed by atoms with Gasteiger partial charge in [0.1, 0.15) is 5.82 Å². The van der Waals surface area contributed by atoms with Gasteiger partial charge in [-0.2, -0.15) is 0 Å². The minimum absolute atomic E-state index is 0.146. The number of hydrogen-bond donors (Lipinski definition) is 2. The molecule has 2 nitrogen and oxygen atoms in total. The molecule has 0 aromatic heterocycles. The van der Waals surface area contributed by atoms with Gasteiger partial charge in [0, 0.05) is 15.5 Å². The summed E-state index contributed by atoms with van der Waals surface area (Å²) < 4.78 is 13.1.